The Morgan fingerprint density at radius 1 is 1.00 bits per heavy atom. The maximum atomic E-state index is 13.2. The van der Waals surface area contributed by atoms with E-state index in [1.165, 1.54) is 0 Å². The van der Waals surface area contributed by atoms with Gasteiger partial charge in [0.2, 0.25) is 0 Å². The van der Waals surface area contributed by atoms with Crippen LogP contribution in [0.1, 0.15) is 53.4 Å². The Morgan fingerprint density at radius 3 is 2.50 bits per heavy atom. The molecule has 0 saturated heterocycles. The molecular weight excluding hydrogens is 342 g/mol. The fourth-order valence-electron chi connectivity index (χ4n) is 4.53. The molecule has 1 aromatic heterocycles. The maximum Gasteiger partial charge on any atom is 0.192 e. The van der Waals surface area contributed by atoms with Crippen LogP contribution in [0.15, 0.2) is 58.6 Å². The zero-order valence-corrected chi connectivity index (χ0v) is 15.6. The lowest BCUT2D eigenvalue weighted by atomic mass is 9.69. The van der Waals surface area contributed by atoms with Crippen molar-refractivity contribution in [3.63, 3.8) is 0 Å². The predicted molar refractivity (Wildman–Crippen MR) is 103 cm³/mol. The van der Waals surface area contributed by atoms with E-state index in [1.807, 2.05) is 41.8 Å². The molecule has 0 fully saturated rings. The second kappa shape index (κ2) is 5.27. The minimum Gasteiger partial charge on any atom is -0.358 e. The van der Waals surface area contributed by atoms with E-state index in [9.17, 15) is 9.59 Å². The second-order valence-electron chi connectivity index (χ2n) is 8.07. The van der Waals surface area contributed by atoms with Crippen LogP contribution in [0, 0.1) is 5.41 Å². The highest BCUT2D eigenvalue weighted by Gasteiger charge is 2.46. The lowest BCUT2D eigenvalue weighted by molar-refractivity contribution is -0.118. The highest BCUT2D eigenvalue weighted by molar-refractivity contribution is 7.10. The summed E-state index contributed by atoms with van der Waals surface area (Å²) in [6.45, 7) is 4.27. The van der Waals surface area contributed by atoms with Gasteiger partial charge in [0.1, 0.15) is 0 Å². The normalized spacial score (nSPS) is 23.5. The highest BCUT2D eigenvalue weighted by atomic mass is 32.1. The van der Waals surface area contributed by atoms with Crippen molar-refractivity contribution in [1.29, 1.82) is 0 Å². The Balaban J connectivity index is 1.75. The third-order valence-electron chi connectivity index (χ3n) is 5.56. The van der Waals surface area contributed by atoms with Gasteiger partial charge in [-0.3, -0.25) is 9.59 Å². The monoisotopic (exact) mass is 361 g/mol. The minimum absolute atomic E-state index is 0.0469. The van der Waals surface area contributed by atoms with E-state index >= 15 is 0 Å². The molecule has 130 valence electrons. The van der Waals surface area contributed by atoms with E-state index in [-0.39, 0.29) is 22.9 Å². The summed E-state index contributed by atoms with van der Waals surface area (Å²) in [5.41, 5.74) is 5.05. The molecular formula is C22H19NO2S. The minimum atomic E-state index is -0.246. The Morgan fingerprint density at radius 2 is 1.77 bits per heavy atom. The molecule has 0 bridgehead atoms. The zero-order chi connectivity index (χ0) is 18.1. The Kier molecular flexibility index (Phi) is 3.20. The van der Waals surface area contributed by atoms with Crippen molar-refractivity contribution < 1.29 is 9.59 Å². The summed E-state index contributed by atoms with van der Waals surface area (Å²) in [5, 5.41) is 5.52. The number of Topliss-reactive ketones (excluding diaryl/α,β-unsaturated/α-hetero) is 2. The second-order valence-corrected chi connectivity index (χ2v) is 9.05. The van der Waals surface area contributed by atoms with Gasteiger partial charge in [-0.05, 0) is 23.3 Å². The van der Waals surface area contributed by atoms with E-state index in [2.05, 4.69) is 19.2 Å². The number of carbonyl (C=O) groups excluding carboxylic acids is 2. The Bertz CT molecular complexity index is 1020. The number of hydrogen-bond acceptors (Lipinski definition) is 4. The number of hydrogen-bond donors (Lipinski definition) is 1. The first-order valence-electron chi connectivity index (χ1n) is 8.91. The van der Waals surface area contributed by atoms with Crippen LogP contribution in [-0.2, 0) is 4.79 Å². The first-order chi connectivity index (χ1) is 12.5. The number of dihydropyridines is 1. The van der Waals surface area contributed by atoms with Gasteiger partial charge in [0.05, 0.1) is 11.6 Å². The molecule has 1 aliphatic heterocycles. The van der Waals surface area contributed by atoms with Crippen LogP contribution in [0.5, 0.6) is 0 Å². The van der Waals surface area contributed by atoms with Crippen LogP contribution in [0.25, 0.3) is 5.70 Å². The van der Waals surface area contributed by atoms with Crippen molar-refractivity contribution in [2.24, 2.45) is 5.41 Å². The maximum absolute atomic E-state index is 13.2. The number of nitrogens with one attached hydrogen (secondary N) is 1. The number of carbonyl (C=O) groups is 2. The van der Waals surface area contributed by atoms with Crippen LogP contribution >= 0.6 is 11.3 Å². The molecule has 4 heteroatoms. The molecule has 0 unspecified atom stereocenters. The summed E-state index contributed by atoms with van der Waals surface area (Å²) in [6.07, 6.45) is 1.35. The Labute approximate surface area is 156 Å². The van der Waals surface area contributed by atoms with Crippen LogP contribution in [0.3, 0.4) is 0 Å². The molecule has 2 aliphatic carbocycles. The largest absolute Gasteiger partial charge is 0.358 e. The lowest BCUT2D eigenvalue weighted by Gasteiger charge is -2.38. The molecule has 3 aliphatic rings. The number of rotatable bonds is 1. The van der Waals surface area contributed by atoms with E-state index in [0.717, 1.165) is 45.0 Å². The van der Waals surface area contributed by atoms with Gasteiger partial charge in [0, 0.05) is 39.3 Å². The smallest absolute Gasteiger partial charge is 0.192 e. The predicted octanol–water partition coefficient (Wildman–Crippen LogP) is 4.69. The molecule has 0 spiro atoms. The molecule has 0 amide bonds. The first kappa shape index (κ1) is 15.8. The van der Waals surface area contributed by atoms with E-state index in [4.69, 9.17) is 0 Å². The van der Waals surface area contributed by atoms with E-state index in [1.54, 1.807) is 11.3 Å². The quantitative estimate of drug-likeness (QED) is 0.802. The summed E-state index contributed by atoms with van der Waals surface area (Å²) in [5.74, 6) is -0.0344. The van der Waals surface area contributed by atoms with Gasteiger partial charge in [0.25, 0.3) is 0 Å². The molecule has 26 heavy (non-hydrogen) atoms. The van der Waals surface area contributed by atoms with Crippen molar-refractivity contribution in [1.82, 2.24) is 5.32 Å². The van der Waals surface area contributed by atoms with Crippen LogP contribution in [0.4, 0.5) is 0 Å². The molecule has 0 saturated carbocycles. The van der Waals surface area contributed by atoms with Gasteiger partial charge in [-0.25, -0.2) is 0 Å². The van der Waals surface area contributed by atoms with Gasteiger partial charge >= 0.3 is 0 Å². The average Bonchev–Trinajstić information content (AvgIpc) is 3.21. The topological polar surface area (TPSA) is 46.2 Å². The van der Waals surface area contributed by atoms with E-state index in [0.29, 0.717) is 6.42 Å². The molecule has 2 heterocycles. The van der Waals surface area contributed by atoms with Crippen LogP contribution in [0.2, 0.25) is 0 Å². The molecule has 1 N–H and O–H groups in total. The van der Waals surface area contributed by atoms with Gasteiger partial charge in [0.15, 0.2) is 11.6 Å². The number of benzene rings is 1. The third kappa shape index (κ3) is 2.12. The summed E-state index contributed by atoms with van der Waals surface area (Å²) in [6, 6.07) is 11.8. The number of fused-ring (bicyclic) bond motifs is 2. The zero-order valence-electron chi connectivity index (χ0n) is 14.8. The fourth-order valence-corrected chi connectivity index (χ4v) is 5.37. The van der Waals surface area contributed by atoms with Crippen molar-refractivity contribution in [2.75, 3.05) is 0 Å². The summed E-state index contributed by atoms with van der Waals surface area (Å²) >= 11 is 1.62. The van der Waals surface area contributed by atoms with Crippen molar-refractivity contribution in [3.8, 4) is 0 Å². The summed E-state index contributed by atoms with van der Waals surface area (Å²) in [4.78, 5) is 27.4. The van der Waals surface area contributed by atoms with Crippen LogP contribution in [-0.4, -0.2) is 11.6 Å². The number of ketones is 2. The lowest BCUT2D eigenvalue weighted by Crippen LogP contribution is -2.36. The summed E-state index contributed by atoms with van der Waals surface area (Å²) < 4.78 is 0. The molecule has 2 aromatic rings. The molecule has 1 aromatic carbocycles. The SMILES string of the molecule is CC1(C)CC(=O)C2=C(C1)NC1=C(C(=O)c3ccccc31)[C@H]2c1cccs1. The van der Waals surface area contributed by atoms with Crippen molar-refractivity contribution >= 4 is 28.6 Å². The van der Waals surface area contributed by atoms with Gasteiger partial charge < -0.3 is 5.32 Å². The van der Waals surface area contributed by atoms with E-state index < -0.39 is 0 Å². The fraction of sp³-hybridized carbons (Fsp3) is 0.273. The molecule has 1 atom stereocenters. The number of allylic oxidation sites excluding steroid dienone is 3. The van der Waals surface area contributed by atoms with Crippen molar-refractivity contribution in [2.45, 2.75) is 32.6 Å². The van der Waals surface area contributed by atoms with Crippen molar-refractivity contribution in [3.05, 3.63) is 74.6 Å². The summed E-state index contributed by atoms with van der Waals surface area (Å²) in [7, 11) is 0. The highest BCUT2D eigenvalue weighted by Crippen LogP contribution is 2.51. The molecule has 3 nitrogen and oxygen atoms in total. The molecule has 0 radical (unpaired) electrons. The average molecular weight is 361 g/mol. The number of thiophene rings is 1. The van der Waals surface area contributed by atoms with Crippen LogP contribution < -0.4 is 5.32 Å². The van der Waals surface area contributed by atoms with Gasteiger partial charge in [-0.2, -0.15) is 0 Å². The van der Waals surface area contributed by atoms with Gasteiger partial charge in [-0.1, -0.05) is 44.2 Å². The van der Waals surface area contributed by atoms with Gasteiger partial charge in [-0.15, -0.1) is 11.3 Å². The first-order valence-corrected chi connectivity index (χ1v) is 9.79. The molecule has 5 rings (SSSR count). The Hall–Kier alpha value is -2.46. The standard InChI is InChI=1S/C22H19NO2S/c1-22(2)10-14-17(15(24)11-22)18(16-8-5-9-26-16)19-20(23-14)12-6-3-4-7-13(12)21(19)25/h3-9,18,23H,10-11H2,1-2H3/t18-/m0/s1. The third-order valence-corrected chi connectivity index (χ3v) is 6.49.